The molecule has 0 amide bonds. The van der Waals surface area contributed by atoms with E-state index in [1.165, 1.54) is 12.8 Å². The molecule has 0 spiro atoms. The number of anilines is 1. The zero-order chi connectivity index (χ0) is 13.0. The Hall–Kier alpha value is -1.23. The van der Waals surface area contributed by atoms with Gasteiger partial charge in [-0.2, -0.15) is 0 Å². The third-order valence-corrected chi connectivity index (χ3v) is 3.40. The number of nitrogens with zero attached hydrogens (tertiary/aromatic N) is 2. The molecular formula is C13H19F2N3. The summed E-state index contributed by atoms with van der Waals surface area (Å²) in [5.74, 6) is -0.350. The first-order valence-electron chi connectivity index (χ1n) is 6.42. The lowest BCUT2D eigenvalue weighted by atomic mass is 9.99. The summed E-state index contributed by atoms with van der Waals surface area (Å²) >= 11 is 0. The maximum Gasteiger partial charge on any atom is 0.168 e. The molecule has 0 atom stereocenters. The molecule has 1 saturated heterocycles. The predicted molar refractivity (Wildman–Crippen MR) is 67.5 cm³/mol. The molecule has 5 heteroatoms. The summed E-state index contributed by atoms with van der Waals surface area (Å²) in [6.45, 7) is 5.97. The van der Waals surface area contributed by atoms with Crippen LogP contribution in [0, 0.1) is 17.6 Å². The average molecular weight is 255 g/mol. The highest BCUT2D eigenvalue weighted by Gasteiger charge is 2.15. The molecular weight excluding hydrogens is 236 g/mol. The number of nitrogens with one attached hydrogen (secondary N) is 1. The van der Waals surface area contributed by atoms with Gasteiger partial charge in [0.15, 0.2) is 11.6 Å². The van der Waals surface area contributed by atoms with Crippen molar-refractivity contribution in [1.82, 2.24) is 9.88 Å². The van der Waals surface area contributed by atoms with E-state index < -0.39 is 11.6 Å². The molecule has 0 aliphatic carbocycles. The summed E-state index contributed by atoms with van der Waals surface area (Å²) in [5, 5.41) is 2.90. The SMILES string of the molecule is CC1CCN(CCNc2ncc(F)cc2F)CC1. The second-order valence-electron chi connectivity index (χ2n) is 4.93. The third kappa shape index (κ3) is 3.63. The number of piperidine rings is 1. The van der Waals surface area contributed by atoms with Crippen LogP contribution in [0.4, 0.5) is 14.6 Å². The van der Waals surface area contributed by atoms with Crippen LogP contribution in [0.5, 0.6) is 0 Å². The molecule has 0 unspecified atom stereocenters. The summed E-state index contributed by atoms with van der Waals surface area (Å²) in [6.07, 6.45) is 3.47. The van der Waals surface area contributed by atoms with E-state index in [9.17, 15) is 8.78 Å². The Kier molecular flexibility index (Phi) is 4.47. The number of pyridine rings is 1. The van der Waals surface area contributed by atoms with Crippen molar-refractivity contribution in [2.75, 3.05) is 31.5 Å². The molecule has 3 nitrogen and oxygen atoms in total. The minimum absolute atomic E-state index is 0.127. The van der Waals surface area contributed by atoms with Crippen LogP contribution in [0.3, 0.4) is 0 Å². The first-order valence-corrected chi connectivity index (χ1v) is 6.42. The van der Waals surface area contributed by atoms with E-state index in [4.69, 9.17) is 0 Å². The van der Waals surface area contributed by atoms with E-state index in [0.29, 0.717) is 6.54 Å². The number of hydrogen-bond acceptors (Lipinski definition) is 3. The molecule has 1 N–H and O–H groups in total. The van der Waals surface area contributed by atoms with Crippen molar-refractivity contribution in [3.05, 3.63) is 23.9 Å². The minimum atomic E-state index is -0.650. The van der Waals surface area contributed by atoms with Crippen LogP contribution in [0.15, 0.2) is 12.3 Å². The molecule has 0 bridgehead atoms. The van der Waals surface area contributed by atoms with Gasteiger partial charge in [0, 0.05) is 19.2 Å². The smallest absolute Gasteiger partial charge is 0.168 e. The molecule has 1 aromatic rings. The van der Waals surface area contributed by atoms with Crippen molar-refractivity contribution in [3.8, 4) is 0 Å². The molecule has 1 aliphatic heterocycles. The van der Waals surface area contributed by atoms with Crippen molar-refractivity contribution < 1.29 is 8.78 Å². The van der Waals surface area contributed by atoms with Crippen molar-refractivity contribution in [2.45, 2.75) is 19.8 Å². The van der Waals surface area contributed by atoms with Crippen molar-refractivity contribution in [2.24, 2.45) is 5.92 Å². The van der Waals surface area contributed by atoms with E-state index in [1.54, 1.807) is 0 Å². The Morgan fingerprint density at radius 1 is 1.39 bits per heavy atom. The summed E-state index contributed by atoms with van der Waals surface area (Å²) in [5.41, 5.74) is 0. The molecule has 1 fully saturated rings. The number of aromatic nitrogens is 1. The molecule has 1 aromatic heterocycles. The van der Waals surface area contributed by atoms with E-state index in [-0.39, 0.29) is 5.82 Å². The van der Waals surface area contributed by atoms with Crippen molar-refractivity contribution in [3.63, 3.8) is 0 Å². The van der Waals surface area contributed by atoms with Gasteiger partial charge in [-0.25, -0.2) is 13.8 Å². The second kappa shape index (κ2) is 6.09. The number of rotatable bonds is 4. The van der Waals surface area contributed by atoms with Gasteiger partial charge in [0.1, 0.15) is 5.82 Å². The van der Waals surface area contributed by atoms with Gasteiger partial charge in [0.25, 0.3) is 0 Å². The van der Waals surface area contributed by atoms with E-state index in [0.717, 1.165) is 37.8 Å². The van der Waals surface area contributed by atoms with Crippen molar-refractivity contribution >= 4 is 5.82 Å². The Labute approximate surface area is 106 Å². The molecule has 100 valence electrons. The molecule has 1 aliphatic rings. The monoisotopic (exact) mass is 255 g/mol. The van der Waals surface area contributed by atoms with Gasteiger partial charge in [0.05, 0.1) is 6.20 Å². The summed E-state index contributed by atoms with van der Waals surface area (Å²) in [6, 6.07) is 0.845. The maximum atomic E-state index is 13.3. The molecule has 0 aromatic carbocycles. The van der Waals surface area contributed by atoms with Crippen LogP contribution in [0.2, 0.25) is 0 Å². The lowest BCUT2D eigenvalue weighted by molar-refractivity contribution is 0.199. The lowest BCUT2D eigenvalue weighted by Crippen LogP contribution is -2.36. The Morgan fingerprint density at radius 2 is 2.11 bits per heavy atom. The Bertz CT molecular complexity index is 390. The molecule has 2 rings (SSSR count). The highest BCUT2D eigenvalue weighted by Crippen LogP contribution is 2.15. The topological polar surface area (TPSA) is 28.2 Å². The van der Waals surface area contributed by atoms with Crippen LogP contribution in [0.1, 0.15) is 19.8 Å². The molecule has 0 saturated carbocycles. The molecule has 2 heterocycles. The summed E-state index contributed by atoms with van der Waals surface area (Å²) in [4.78, 5) is 6.05. The third-order valence-electron chi connectivity index (χ3n) is 3.40. The lowest BCUT2D eigenvalue weighted by Gasteiger charge is -2.30. The van der Waals surface area contributed by atoms with E-state index in [1.807, 2.05) is 0 Å². The summed E-state index contributed by atoms with van der Waals surface area (Å²) in [7, 11) is 0. The first-order chi connectivity index (χ1) is 8.65. The van der Waals surface area contributed by atoms with Gasteiger partial charge >= 0.3 is 0 Å². The standard InChI is InChI=1S/C13H19F2N3/c1-10-2-5-18(6-3-10)7-4-16-13-12(15)8-11(14)9-17-13/h8-10H,2-7H2,1H3,(H,16,17). The van der Waals surface area contributed by atoms with Gasteiger partial charge in [-0.15, -0.1) is 0 Å². The number of halogens is 2. The van der Waals surface area contributed by atoms with Crippen LogP contribution in [0.25, 0.3) is 0 Å². The average Bonchev–Trinajstić information content (AvgIpc) is 2.34. The minimum Gasteiger partial charge on any atom is -0.366 e. The van der Waals surface area contributed by atoms with Gasteiger partial charge in [-0.3, -0.25) is 0 Å². The number of hydrogen-bond donors (Lipinski definition) is 1. The van der Waals surface area contributed by atoms with Crippen LogP contribution in [-0.2, 0) is 0 Å². The molecule has 18 heavy (non-hydrogen) atoms. The fourth-order valence-electron chi connectivity index (χ4n) is 2.16. The Morgan fingerprint density at radius 3 is 2.78 bits per heavy atom. The fraction of sp³-hybridized carbons (Fsp3) is 0.615. The largest absolute Gasteiger partial charge is 0.366 e. The Balaban J connectivity index is 1.75. The first kappa shape index (κ1) is 13.2. The van der Waals surface area contributed by atoms with E-state index >= 15 is 0 Å². The van der Waals surface area contributed by atoms with Gasteiger partial charge in [-0.05, 0) is 31.8 Å². The van der Waals surface area contributed by atoms with Gasteiger partial charge in [-0.1, -0.05) is 6.92 Å². The second-order valence-corrected chi connectivity index (χ2v) is 4.93. The van der Waals surface area contributed by atoms with Gasteiger partial charge < -0.3 is 10.2 Å². The van der Waals surface area contributed by atoms with Gasteiger partial charge in [0.2, 0.25) is 0 Å². The normalized spacial score (nSPS) is 17.9. The highest BCUT2D eigenvalue weighted by atomic mass is 19.1. The number of likely N-dealkylation sites (tertiary alicyclic amines) is 1. The summed E-state index contributed by atoms with van der Waals surface area (Å²) < 4.78 is 25.9. The maximum absolute atomic E-state index is 13.3. The van der Waals surface area contributed by atoms with Crippen LogP contribution in [-0.4, -0.2) is 36.1 Å². The zero-order valence-corrected chi connectivity index (χ0v) is 10.6. The highest BCUT2D eigenvalue weighted by molar-refractivity contribution is 5.35. The van der Waals surface area contributed by atoms with E-state index in [2.05, 4.69) is 22.1 Å². The molecule has 0 radical (unpaired) electrons. The zero-order valence-electron chi connectivity index (χ0n) is 10.6. The quantitative estimate of drug-likeness (QED) is 0.896. The van der Waals surface area contributed by atoms with Crippen LogP contribution >= 0.6 is 0 Å². The van der Waals surface area contributed by atoms with Crippen LogP contribution < -0.4 is 5.32 Å². The predicted octanol–water partition coefficient (Wildman–Crippen LogP) is 2.50. The van der Waals surface area contributed by atoms with Crippen molar-refractivity contribution in [1.29, 1.82) is 0 Å². The fourth-order valence-corrected chi connectivity index (χ4v) is 2.16.